The maximum atomic E-state index is 16.6. The number of benzene rings is 2. The predicted octanol–water partition coefficient (Wildman–Crippen LogP) is 11.9. The Balaban J connectivity index is 1.33. The molecule has 2 nitrogen and oxygen atoms in total. The molecular formula is C45H58F2O2Si. The number of allylic oxidation sites excluding steroid dienone is 4. The fraction of sp³-hybridized carbons (Fsp3) is 0.578. The van der Waals surface area contributed by atoms with Crippen molar-refractivity contribution in [1.29, 1.82) is 0 Å². The van der Waals surface area contributed by atoms with Gasteiger partial charge in [-0.2, -0.15) is 8.78 Å². The average Bonchev–Trinajstić information content (AvgIpc) is 3.32. The van der Waals surface area contributed by atoms with Crippen molar-refractivity contribution < 1.29 is 18.7 Å². The molecular weight excluding hydrogens is 639 g/mol. The Morgan fingerprint density at radius 1 is 0.820 bits per heavy atom. The van der Waals surface area contributed by atoms with Gasteiger partial charge in [0, 0.05) is 17.4 Å². The van der Waals surface area contributed by atoms with E-state index in [1.165, 1.54) is 39.0 Å². The molecule has 0 heterocycles. The molecule has 0 amide bonds. The Morgan fingerprint density at radius 2 is 1.40 bits per heavy atom. The highest BCUT2D eigenvalue weighted by Gasteiger charge is 2.70. The maximum Gasteiger partial charge on any atom is 0.336 e. The summed E-state index contributed by atoms with van der Waals surface area (Å²) >= 11 is 0. The third-order valence-corrected chi connectivity index (χ3v) is 20.3. The summed E-state index contributed by atoms with van der Waals surface area (Å²) in [6.07, 6.45) is 4.68. The van der Waals surface area contributed by atoms with Crippen LogP contribution in [-0.2, 0) is 4.79 Å². The highest BCUT2D eigenvalue weighted by molar-refractivity contribution is 6.90. The van der Waals surface area contributed by atoms with Gasteiger partial charge < -0.3 is 5.11 Å². The number of carbonyl (C=O) groups excluding carboxylic acids is 1. The first kappa shape index (κ1) is 37.0. The first-order valence-electron chi connectivity index (χ1n) is 19.2. The highest BCUT2D eigenvalue weighted by atomic mass is 28.3. The van der Waals surface area contributed by atoms with Crippen LogP contribution in [-0.4, -0.2) is 30.5 Å². The van der Waals surface area contributed by atoms with E-state index >= 15 is 8.78 Å². The van der Waals surface area contributed by atoms with Gasteiger partial charge in [0.15, 0.2) is 5.78 Å². The van der Waals surface area contributed by atoms with E-state index < -0.39 is 25.0 Å². The minimum absolute atomic E-state index is 0.0263. The Kier molecular flexibility index (Phi) is 9.61. The minimum Gasteiger partial charge on any atom is -0.382 e. The quantitative estimate of drug-likeness (QED) is 0.241. The monoisotopic (exact) mass is 696 g/mol. The zero-order chi connectivity index (χ0) is 36.6. The fourth-order valence-corrected chi connectivity index (χ4v) is 16.9. The number of aliphatic hydroxyl groups is 1. The van der Waals surface area contributed by atoms with Crippen molar-refractivity contribution in [3.05, 3.63) is 75.4 Å². The van der Waals surface area contributed by atoms with E-state index in [1.807, 2.05) is 6.92 Å². The van der Waals surface area contributed by atoms with Crippen LogP contribution >= 0.6 is 0 Å². The zero-order valence-corrected chi connectivity index (χ0v) is 33.1. The SMILES string of the molecule is Cc1cc(C)c(-c2ccc(C3=C4CC[C@@H]5C(=C4CCC3=O)CC[C@@]3(C)[C@H]5CC[C@@]3(O)C(F)(F)C#C[Si](C(C)C)(C(C)C)C(C)C)cc2)c(C)c1. The molecule has 0 aromatic heterocycles. The first-order valence-corrected chi connectivity index (χ1v) is 21.4. The fourth-order valence-electron chi connectivity index (χ4n) is 11.7. The number of halogens is 2. The van der Waals surface area contributed by atoms with Crippen molar-refractivity contribution in [3.63, 3.8) is 0 Å². The predicted molar refractivity (Wildman–Crippen MR) is 206 cm³/mol. The van der Waals surface area contributed by atoms with Crippen LogP contribution in [0.5, 0.6) is 0 Å². The van der Waals surface area contributed by atoms with Crippen molar-refractivity contribution >= 4 is 19.4 Å². The number of Topliss-reactive ketones (excluding diaryl/α,β-unsaturated/α-hetero) is 1. The largest absolute Gasteiger partial charge is 0.382 e. The summed E-state index contributed by atoms with van der Waals surface area (Å²) in [5, 5.41) is 12.2. The second-order valence-corrected chi connectivity index (χ2v) is 23.0. The molecule has 0 bridgehead atoms. The van der Waals surface area contributed by atoms with Crippen molar-refractivity contribution in [2.45, 2.75) is 149 Å². The number of alkyl halides is 2. The van der Waals surface area contributed by atoms with E-state index in [-0.39, 0.29) is 40.7 Å². The van der Waals surface area contributed by atoms with Crippen molar-refractivity contribution in [2.24, 2.45) is 17.3 Å². The number of ketones is 1. The Hall–Kier alpha value is -2.81. The molecule has 0 spiro atoms. The van der Waals surface area contributed by atoms with Gasteiger partial charge in [-0.1, -0.05) is 96.0 Å². The molecule has 6 rings (SSSR count). The van der Waals surface area contributed by atoms with E-state index in [0.29, 0.717) is 25.7 Å². The van der Waals surface area contributed by atoms with Crippen molar-refractivity contribution in [2.75, 3.05) is 0 Å². The molecule has 4 aliphatic rings. The molecule has 2 aromatic carbocycles. The third-order valence-electron chi connectivity index (χ3n) is 14.0. The van der Waals surface area contributed by atoms with E-state index in [1.54, 1.807) is 0 Å². The van der Waals surface area contributed by atoms with E-state index in [4.69, 9.17) is 0 Å². The van der Waals surface area contributed by atoms with E-state index in [0.717, 1.165) is 36.0 Å². The zero-order valence-electron chi connectivity index (χ0n) is 32.1. The Morgan fingerprint density at radius 3 is 1.98 bits per heavy atom. The lowest BCUT2D eigenvalue weighted by molar-refractivity contribution is -0.207. The standard InChI is InChI=1S/C45H58F2O2Si/c1-27(2)50(28(3)4,29(5)6)24-23-45(46,47)44(49)22-20-39-37-15-16-38-35(36(37)19-21-43(39,44)10)17-18-40(48)42(38)34-13-11-33(12-14-34)41-31(8)25-30(7)26-32(41)9/h11-14,25-29,37,39,49H,15-22H2,1-10H3/t37-,39+,43+,44+/m1/s1. The summed E-state index contributed by atoms with van der Waals surface area (Å²) < 4.78 is 33.1. The van der Waals surface area contributed by atoms with E-state index in [9.17, 15) is 9.90 Å². The van der Waals surface area contributed by atoms with Crippen LogP contribution in [0.4, 0.5) is 8.78 Å². The van der Waals surface area contributed by atoms with Gasteiger partial charge in [-0.05, 0) is 139 Å². The van der Waals surface area contributed by atoms with Gasteiger partial charge in [0.2, 0.25) is 0 Å². The number of fused-ring (bicyclic) bond motifs is 4. The van der Waals surface area contributed by atoms with Gasteiger partial charge in [0.1, 0.15) is 13.7 Å². The van der Waals surface area contributed by atoms with Gasteiger partial charge in [-0.25, -0.2) is 0 Å². The normalized spacial score (nSPS) is 27.1. The molecule has 4 atom stereocenters. The smallest absolute Gasteiger partial charge is 0.336 e. The van der Waals surface area contributed by atoms with E-state index in [2.05, 4.69) is 110 Å². The Labute approximate surface area is 301 Å². The van der Waals surface area contributed by atoms with Crippen LogP contribution in [0.3, 0.4) is 0 Å². The molecule has 2 fully saturated rings. The molecule has 0 unspecified atom stereocenters. The van der Waals surface area contributed by atoms with Crippen LogP contribution in [0.2, 0.25) is 16.6 Å². The molecule has 2 saturated carbocycles. The van der Waals surface area contributed by atoms with Gasteiger partial charge in [-0.3, -0.25) is 4.79 Å². The number of aryl methyl sites for hydroxylation is 3. The molecule has 5 heteroatoms. The lowest BCUT2D eigenvalue weighted by Gasteiger charge is -2.53. The minimum atomic E-state index is -3.48. The summed E-state index contributed by atoms with van der Waals surface area (Å²) in [6.45, 7) is 21.2. The van der Waals surface area contributed by atoms with Crippen LogP contribution in [0.1, 0.15) is 122 Å². The molecule has 4 aliphatic carbocycles. The van der Waals surface area contributed by atoms with Crippen molar-refractivity contribution in [1.82, 2.24) is 0 Å². The van der Waals surface area contributed by atoms with Gasteiger partial charge in [0.25, 0.3) is 0 Å². The molecule has 268 valence electrons. The molecule has 0 saturated heterocycles. The maximum absolute atomic E-state index is 16.6. The topological polar surface area (TPSA) is 37.3 Å². The molecule has 2 aromatic rings. The summed E-state index contributed by atoms with van der Waals surface area (Å²) in [4.78, 5) is 13.6. The first-order chi connectivity index (χ1) is 23.4. The number of hydrogen-bond donors (Lipinski definition) is 1. The van der Waals surface area contributed by atoms with Gasteiger partial charge >= 0.3 is 5.92 Å². The van der Waals surface area contributed by atoms with Crippen LogP contribution in [0.25, 0.3) is 16.7 Å². The summed E-state index contributed by atoms with van der Waals surface area (Å²) in [7, 11) is -2.40. The second kappa shape index (κ2) is 13.0. The lowest BCUT2D eigenvalue weighted by atomic mass is 9.54. The second-order valence-electron chi connectivity index (χ2n) is 17.4. The molecule has 50 heavy (non-hydrogen) atoms. The van der Waals surface area contributed by atoms with Crippen molar-refractivity contribution in [3.8, 4) is 22.6 Å². The molecule has 0 radical (unpaired) electrons. The molecule has 1 N–H and O–H groups in total. The summed E-state index contributed by atoms with van der Waals surface area (Å²) in [5.41, 5.74) is 12.7. The average molecular weight is 697 g/mol. The number of rotatable bonds is 6. The highest BCUT2D eigenvalue weighted by Crippen LogP contribution is 2.67. The lowest BCUT2D eigenvalue weighted by Crippen LogP contribution is -2.59. The Bertz CT molecular complexity index is 1770. The molecule has 0 aliphatic heterocycles. The van der Waals surface area contributed by atoms with Gasteiger partial charge in [-0.15, -0.1) is 5.54 Å². The number of carbonyl (C=O) groups is 1. The number of hydrogen-bond acceptors (Lipinski definition) is 2. The van der Waals surface area contributed by atoms with Crippen LogP contribution in [0, 0.1) is 49.5 Å². The van der Waals surface area contributed by atoms with Crippen LogP contribution < -0.4 is 0 Å². The third kappa shape index (κ3) is 5.54. The summed E-state index contributed by atoms with van der Waals surface area (Å²) in [6, 6.07) is 13.0. The summed E-state index contributed by atoms with van der Waals surface area (Å²) in [5.74, 6) is -0.621. The van der Waals surface area contributed by atoms with Gasteiger partial charge in [0.05, 0.1) is 0 Å². The van der Waals surface area contributed by atoms with Crippen LogP contribution in [0.15, 0.2) is 53.1 Å².